The van der Waals surface area contributed by atoms with Gasteiger partial charge in [0.15, 0.2) is 0 Å². The predicted octanol–water partition coefficient (Wildman–Crippen LogP) is 0.115. The van der Waals surface area contributed by atoms with Gasteiger partial charge < -0.3 is 15.5 Å². The second-order valence-electron chi connectivity index (χ2n) is 5.19. The topological polar surface area (TPSA) is 52.5 Å². The molecule has 1 saturated heterocycles. The third-order valence-corrected chi connectivity index (χ3v) is 4.16. The van der Waals surface area contributed by atoms with Crippen LogP contribution < -0.4 is 5.32 Å². The van der Waals surface area contributed by atoms with Gasteiger partial charge in [0.2, 0.25) is 0 Å². The Labute approximate surface area is 86.5 Å². The van der Waals surface area contributed by atoms with Crippen LogP contribution in [0.5, 0.6) is 0 Å². The van der Waals surface area contributed by atoms with Crippen molar-refractivity contribution in [1.29, 1.82) is 0 Å². The summed E-state index contributed by atoms with van der Waals surface area (Å²) in [6.45, 7) is 0.315. The Morgan fingerprint density at radius 2 is 1.80 bits per heavy atom. The summed E-state index contributed by atoms with van der Waals surface area (Å²) in [4.78, 5) is 0. The average Bonchev–Trinajstić information content (AvgIpc) is 3.03. The normalized spacial score (nSPS) is 50.4. The molecule has 1 spiro atoms. The first kappa shape index (κ1) is 9.93. The molecule has 3 fully saturated rings. The van der Waals surface area contributed by atoms with Crippen LogP contribution in [0.4, 0.5) is 8.78 Å². The van der Waals surface area contributed by atoms with E-state index in [0.717, 1.165) is 12.8 Å². The monoisotopic (exact) mass is 219 g/mol. The molecule has 0 radical (unpaired) electrons. The minimum Gasteiger partial charge on any atom is -0.390 e. The van der Waals surface area contributed by atoms with Crippen LogP contribution in [-0.2, 0) is 0 Å². The van der Waals surface area contributed by atoms with Crippen molar-refractivity contribution in [2.45, 2.75) is 42.9 Å². The third kappa shape index (κ3) is 1.33. The molecule has 3 nitrogen and oxygen atoms in total. The molecule has 86 valence electrons. The van der Waals surface area contributed by atoms with Gasteiger partial charge in [-0.25, -0.2) is 8.78 Å². The van der Waals surface area contributed by atoms with Gasteiger partial charge >= 0.3 is 0 Å². The van der Waals surface area contributed by atoms with Crippen molar-refractivity contribution in [1.82, 2.24) is 5.32 Å². The van der Waals surface area contributed by atoms with Crippen LogP contribution in [0.1, 0.15) is 19.3 Å². The van der Waals surface area contributed by atoms with Crippen molar-refractivity contribution in [2.24, 2.45) is 11.8 Å². The number of piperidine rings is 1. The summed E-state index contributed by atoms with van der Waals surface area (Å²) in [6.07, 6.45) is -0.350. The first-order chi connectivity index (χ1) is 6.96. The van der Waals surface area contributed by atoms with E-state index in [1.807, 2.05) is 0 Å². The van der Waals surface area contributed by atoms with E-state index in [4.69, 9.17) is 0 Å². The van der Waals surface area contributed by atoms with Gasteiger partial charge in [-0.3, -0.25) is 0 Å². The second kappa shape index (κ2) is 2.70. The number of aliphatic hydroxyl groups excluding tert-OH is 2. The van der Waals surface area contributed by atoms with Crippen molar-refractivity contribution in [3.63, 3.8) is 0 Å². The van der Waals surface area contributed by atoms with Crippen LogP contribution in [0.2, 0.25) is 0 Å². The van der Waals surface area contributed by atoms with Crippen LogP contribution >= 0.6 is 0 Å². The maximum atomic E-state index is 13.0. The lowest BCUT2D eigenvalue weighted by molar-refractivity contribution is -0.0767. The molecule has 3 N–H and O–H groups in total. The van der Waals surface area contributed by atoms with E-state index < -0.39 is 30.0 Å². The van der Waals surface area contributed by atoms with Crippen LogP contribution in [-0.4, -0.2) is 40.4 Å². The molecule has 2 saturated carbocycles. The van der Waals surface area contributed by atoms with Gasteiger partial charge in [-0.15, -0.1) is 0 Å². The number of alkyl halides is 2. The highest BCUT2D eigenvalue weighted by Gasteiger charge is 2.70. The predicted molar refractivity (Wildman–Crippen MR) is 48.5 cm³/mol. The van der Waals surface area contributed by atoms with Crippen molar-refractivity contribution < 1.29 is 19.0 Å². The van der Waals surface area contributed by atoms with Crippen molar-refractivity contribution in [2.75, 3.05) is 6.54 Å². The highest BCUT2D eigenvalue weighted by atomic mass is 19.3. The number of nitrogens with one attached hydrogen (secondary N) is 1. The summed E-state index contributed by atoms with van der Waals surface area (Å²) in [7, 11) is 0. The van der Waals surface area contributed by atoms with E-state index in [-0.39, 0.29) is 12.0 Å². The quantitative estimate of drug-likeness (QED) is 0.587. The van der Waals surface area contributed by atoms with Crippen LogP contribution in [0.3, 0.4) is 0 Å². The molecular weight excluding hydrogens is 204 g/mol. The first-order valence-electron chi connectivity index (χ1n) is 5.45. The lowest BCUT2D eigenvalue weighted by atomic mass is 9.80. The van der Waals surface area contributed by atoms with Gasteiger partial charge in [0.25, 0.3) is 5.92 Å². The Kier molecular flexibility index (Phi) is 1.79. The molecule has 0 unspecified atom stereocenters. The highest BCUT2D eigenvalue weighted by molar-refractivity contribution is 5.19. The SMILES string of the molecule is O[C@@H]1[C@@H]([C@@H]2CC2(F)F)C2(CC2)NC[C@H]1O. The first-order valence-corrected chi connectivity index (χ1v) is 5.45. The maximum Gasteiger partial charge on any atom is 0.252 e. The number of rotatable bonds is 1. The Balaban J connectivity index is 1.83. The molecule has 0 bridgehead atoms. The molecule has 3 aliphatic rings. The van der Waals surface area contributed by atoms with Crippen LogP contribution in [0.25, 0.3) is 0 Å². The van der Waals surface area contributed by atoms with Crippen LogP contribution in [0, 0.1) is 11.8 Å². The van der Waals surface area contributed by atoms with Crippen molar-refractivity contribution in [3.8, 4) is 0 Å². The van der Waals surface area contributed by atoms with E-state index in [1.165, 1.54) is 0 Å². The molecule has 4 atom stereocenters. The summed E-state index contributed by atoms with van der Waals surface area (Å²) in [5.74, 6) is -3.84. The van der Waals surface area contributed by atoms with Gasteiger partial charge in [0, 0.05) is 30.3 Å². The molecule has 3 rings (SSSR count). The minimum absolute atomic E-state index is 0.134. The molecular formula is C10H15F2NO2. The zero-order valence-corrected chi connectivity index (χ0v) is 8.29. The summed E-state index contributed by atoms with van der Waals surface area (Å²) in [5, 5.41) is 22.4. The molecule has 0 aromatic heterocycles. The zero-order valence-electron chi connectivity index (χ0n) is 8.29. The standard InChI is InChI=1S/C10H15F2NO2/c11-10(12)3-5(10)7-8(15)6(14)4-13-9(7)1-2-9/h5-8,13-15H,1-4H2/t5-,6+,7+,8-/m0/s1. The van der Waals surface area contributed by atoms with Crippen molar-refractivity contribution in [3.05, 3.63) is 0 Å². The summed E-state index contributed by atoms with van der Waals surface area (Å²) in [5.41, 5.74) is -0.302. The van der Waals surface area contributed by atoms with E-state index >= 15 is 0 Å². The largest absolute Gasteiger partial charge is 0.390 e. The fourth-order valence-corrected chi connectivity index (χ4v) is 3.00. The smallest absolute Gasteiger partial charge is 0.252 e. The maximum absolute atomic E-state index is 13.0. The van der Waals surface area contributed by atoms with E-state index in [0.29, 0.717) is 6.54 Å². The van der Waals surface area contributed by atoms with Crippen molar-refractivity contribution >= 4 is 0 Å². The van der Waals surface area contributed by atoms with E-state index in [2.05, 4.69) is 5.32 Å². The minimum atomic E-state index is -2.63. The molecule has 5 heteroatoms. The summed E-state index contributed by atoms with van der Waals surface area (Å²) < 4.78 is 26.1. The van der Waals surface area contributed by atoms with Gasteiger partial charge in [0.05, 0.1) is 12.2 Å². The van der Waals surface area contributed by atoms with Gasteiger partial charge in [-0.2, -0.15) is 0 Å². The Morgan fingerprint density at radius 1 is 1.20 bits per heavy atom. The second-order valence-corrected chi connectivity index (χ2v) is 5.19. The average molecular weight is 219 g/mol. The van der Waals surface area contributed by atoms with Gasteiger partial charge in [0.1, 0.15) is 0 Å². The molecule has 1 aliphatic heterocycles. The fraction of sp³-hybridized carbons (Fsp3) is 1.00. The number of hydrogen-bond acceptors (Lipinski definition) is 3. The molecule has 0 aromatic carbocycles. The Hall–Kier alpha value is -0.260. The molecule has 0 aromatic rings. The van der Waals surface area contributed by atoms with E-state index in [1.54, 1.807) is 0 Å². The zero-order chi connectivity index (χ0) is 10.8. The van der Waals surface area contributed by atoms with E-state index in [9.17, 15) is 19.0 Å². The summed E-state index contributed by atoms with van der Waals surface area (Å²) in [6, 6.07) is 0. The number of halogens is 2. The highest BCUT2D eigenvalue weighted by Crippen LogP contribution is 2.62. The lowest BCUT2D eigenvalue weighted by Gasteiger charge is -2.40. The number of β-amino-alcohol motifs (C(OH)–C–C–N with tert-alkyl or cyclic N) is 1. The molecule has 15 heavy (non-hydrogen) atoms. The molecule has 0 amide bonds. The fourth-order valence-electron chi connectivity index (χ4n) is 3.00. The van der Waals surface area contributed by atoms with Gasteiger partial charge in [-0.1, -0.05) is 0 Å². The van der Waals surface area contributed by atoms with Gasteiger partial charge in [-0.05, 0) is 12.8 Å². The Bertz CT molecular complexity index is 291. The Morgan fingerprint density at radius 3 is 2.27 bits per heavy atom. The third-order valence-electron chi connectivity index (χ3n) is 4.16. The number of hydrogen-bond donors (Lipinski definition) is 3. The van der Waals surface area contributed by atoms with Crippen LogP contribution in [0.15, 0.2) is 0 Å². The molecule has 1 heterocycles. The lowest BCUT2D eigenvalue weighted by Crippen LogP contribution is -2.59. The number of aliphatic hydroxyl groups is 2. The molecule has 2 aliphatic carbocycles. The summed E-state index contributed by atoms with van der Waals surface area (Å²) >= 11 is 0.